The molecule has 0 unspecified atom stereocenters. The van der Waals surface area contributed by atoms with Crippen molar-refractivity contribution in [3.63, 3.8) is 0 Å². The van der Waals surface area contributed by atoms with Crippen LogP contribution in [0.2, 0.25) is 0 Å². The molecule has 8 heteroatoms. The quantitative estimate of drug-likeness (QED) is 0.437. The van der Waals surface area contributed by atoms with Crippen molar-refractivity contribution in [3.8, 4) is 5.75 Å². The Morgan fingerprint density at radius 2 is 1.97 bits per heavy atom. The third-order valence-corrected chi connectivity index (χ3v) is 5.97. The Morgan fingerprint density at radius 1 is 1.19 bits per heavy atom. The van der Waals surface area contributed by atoms with E-state index in [9.17, 15) is 9.59 Å². The molecule has 0 fully saturated rings. The van der Waals surface area contributed by atoms with Gasteiger partial charge < -0.3 is 15.0 Å². The molecule has 0 saturated heterocycles. The van der Waals surface area contributed by atoms with Crippen LogP contribution in [0.3, 0.4) is 0 Å². The first-order valence-electron chi connectivity index (χ1n) is 10.1. The zero-order valence-electron chi connectivity index (χ0n) is 17.3. The third kappa shape index (κ3) is 5.34. The zero-order chi connectivity index (χ0) is 21.6. The van der Waals surface area contributed by atoms with Crippen LogP contribution in [-0.2, 0) is 24.3 Å². The van der Waals surface area contributed by atoms with Crippen LogP contribution in [0.25, 0.3) is 0 Å². The van der Waals surface area contributed by atoms with Crippen molar-refractivity contribution in [3.05, 3.63) is 81.8 Å². The van der Waals surface area contributed by atoms with Crippen molar-refractivity contribution in [2.45, 2.75) is 24.7 Å². The summed E-state index contributed by atoms with van der Waals surface area (Å²) in [4.78, 5) is 34.7. The first-order valence-corrected chi connectivity index (χ1v) is 11.0. The molecule has 1 aromatic heterocycles. The van der Waals surface area contributed by atoms with Gasteiger partial charge in [0.2, 0.25) is 5.91 Å². The lowest BCUT2D eigenvalue weighted by Gasteiger charge is -2.27. The van der Waals surface area contributed by atoms with E-state index in [4.69, 9.17) is 4.74 Å². The number of nitrogens with one attached hydrogen (secondary N) is 2. The van der Waals surface area contributed by atoms with E-state index < -0.39 is 0 Å². The van der Waals surface area contributed by atoms with Crippen molar-refractivity contribution < 1.29 is 9.53 Å². The van der Waals surface area contributed by atoms with Gasteiger partial charge >= 0.3 is 0 Å². The van der Waals surface area contributed by atoms with Gasteiger partial charge in [0.1, 0.15) is 5.75 Å². The van der Waals surface area contributed by atoms with Gasteiger partial charge in [0.25, 0.3) is 5.56 Å². The van der Waals surface area contributed by atoms with Gasteiger partial charge in [-0.25, -0.2) is 4.98 Å². The summed E-state index contributed by atoms with van der Waals surface area (Å²) >= 11 is 1.22. The highest BCUT2D eigenvalue weighted by atomic mass is 32.2. The standard InChI is InChI=1S/C23H24N4O3S/c1-30-20-10-6-5-9-19(20)24-21(28)15-31-23-25-18-11-12-27(14-17(18)22(29)26-23)13-16-7-3-2-4-8-16/h2-10H,11-15H2,1H3,(H,24,28)(H,25,26,29). The predicted molar refractivity (Wildman–Crippen MR) is 121 cm³/mol. The lowest BCUT2D eigenvalue weighted by atomic mass is 10.1. The monoisotopic (exact) mass is 436 g/mol. The fourth-order valence-electron chi connectivity index (χ4n) is 3.57. The molecule has 0 radical (unpaired) electrons. The normalized spacial score (nSPS) is 13.5. The smallest absolute Gasteiger partial charge is 0.256 e. The second kappa shape index (κ2) is 9.80. The van der Waals surface area contributed by atoms with Crippen LogP contribution in [0.5, 0.6) is 5.75 Å². The molecule has 0 bridgehead atoms. The fraction of sp³-hybridized carbons (Fsp3) is 0.261. The number of carbonyl (C=O) groups excluding carboxylic acids is 1. The van der Waals surface area contributed by atoms with E-state index >= 15 is 0 Å². The summed E-state index contributed by atoms with van der Waals surface area (Å²) in [7, 11) is 1.56. The van der Waals surface area contributed by atoms with Crippen LogP contribution in [0.1, 0.15) is 16.8 Å². The van der Waals surface area contributed by atoms with E-state index in [1.165, 1.54) is 17.3 Å². The number of H-pyrrole nitrogens is 1. The number of hydrogen-bond donors (Lipinski definition) is 2. The minimum atomic E-state index is -0.191. The van der Waals surface area contributed by atoms with Gasteiger partial charge in [-0.15, -0.1) is 0 Å². The number of aromatic amines is 1. The summed E-state index contributed by atoms with van der Waals surface area (Å²) in [5.74, 6) is 0.546. The van der Waals surface area contributed by atoms with Gasteiger partial charge in [0.15, 0.2) is 5.16 Å². The number of ether oxygens (including phenoxy) is 1. The van der Waals surface area contributed by atoms with Crippen LogP contribution >= 0.6 is 11.8 Å². The molecule has 4 rings (SSSR count). The minimum absolute atomic E-state index is 0.129. The first-order chi connectivity index (χ1) is 15.1. The summed E-state index contributed by atoms with van der Waals surface area (Å²) in [6, 6.07) is 17.5. The molecule has 0 aliphatic carbocycles. The van der Waals surface area contributed by atoms with Crippen LogP contribution in [0.15, 0.2) is 64.5 Å². The number of fused-ring (bicyclic) bond motifs is 1. The van der Waals surface area contributed by atoms with E-state index in [0.717, 1.165) is 18.8 Å². The summed E-state index contributed by atoms with van der Waals surface area (Å²) in [5.41, 5.74) is 3.24. The minimum Gasteiger partial charge on any atom is -0.495 e. The van der Waals surface area contributed by atoms with Crippen LogP contribution in [0.4, 0.5) is 5.69 Å². The SMILES string of the molecule is COc1ccccc1NC(=O)CSc1nc2c(c(=O)[nH]1)CN(Cc1ccccc1)CC2. The average molecular weight is 437 g/mol. The molecule has 7 nitrogen and oxygen atoms in total. The second-order valence-corrected chi connectivity index (χ2v) is 8.24. The number of rotatable bonds is 7. The Hall–Kier alpha value is -3.10. The third-order valence-electron chi connectivity index (χ3n) is 5.10. The Kier molecular flexibility index (Phi) is 6.69. The Labute approximate surface area is 184 Å². The highest BCUT2D eigenvalue weighted by Gasteiger charge is 2.21. The van der Waals surface area contributed by atoms with E-state index in [1.807, 2.05) is 30.3 Å². The lowest BCUT2D eigenvalue weighted by molar-refractivity contribution is -0.113. The summed E-state index contributed by atoms with van der Waals surface area (Å²) in [6.07, 6.45) is 0.715. The van der Waals surface area contributed by atoms with Crippen molar-refractivity contribution in [1.29, 1.82) is 0 Å². The molecule has 1 aliphatic rings. The number of thioether (sulfide) groups is 1. The molecule has 2 N–H and O–H groups in total. The summed E-state index contributed by atoms with van der Waals surface area (Å²) < 4.78 is 5.25. The molecule has 31 heavy (non-hydrogen) atoms. The largest absolute Gasteiger partial charge is 0.495 e. The maximum atomic E-state index is 12.6. The van der Waals surface area contributed by atoms with Crippen molar-refractivity contribution in [2.24, 2.45) is 0 Å². The summed E-state index contributed by atoms with van der Waals surface area (Å²) in [6.45, 7) is 2.22. The second-order valence-electron chi connectivity index (χ2n) is 7.28. The molecular weight excluding hydrogens is 412 g/mol. The molecule has 0 atom stereocenters. The Morgan fingerprint density at radius 3 is 2.77 bits per heavy atom. The Balaban J connectivity index is 1.37. The van der Waals surface area contributed by atoms with Crippen molar-refractivity contribution in [1.82, 2.24) is 14.9 Å². The number of nitrogens with zero attached hydrogens (tertiary/aromatic N) is 2. The highest BCUT2D eigenvalue weighted by molar-refractivity contribution is 7.99. The Bertz CT molecular complexity index is 1120. The predicted octanol–water partition coefficient (Wildman–Crippen LogP) is 3.07. The van der Waals surface area contributed by atoms with Gasteiger partial charge in [-0.3, -0.25) is 14.5 Å². The molecular formula is C23H24N4O3S. The number of hydrogen-bond acceptors (Lipinski definition) is 6. The van der Waals surface area contributed by atoms with E-state index in [1.54, 1.807) is 19.2 Å². The lowest BCUT2D eigenvalue weighted by Crippen LogP contribution is -2.35. The molecule has 1 amide bonds. The number of anilines is 1. The van der Waals surface area contributed by atoms with Crippen LogP contribution in [-0.4, -0.2) is 40.2 Å². The number of methoxy groups -OCH3 is 1. The molecule has 0 spiro atoms. The molecule has 2 aromatic carbocycles. The maximum absolute atomic E-state index is 12.6. The van der Waals surface area contributed by atoms with Gasteiger partial charge in [-0.1, -0.05) is 54.2 Å². The molecule has 0 saturated carbocycles. The van der Waals surface area contributed by atoms with Gasteiger partial charge in [0.05, 0.1) is 29.8 Å². The fourth-order valence-corrected chi connectivity index (χ4v) is 4.25. The number of benzene rings is 2. The summed E-state index contributed by atoms with van der Waals surface area (Å²) in [5, 5.41) is 3.29. The number of aromatic nitrogens is 2. The number of carbonyl (C=O) groups is 1. The van der Waals surface area contributed by atoms with Gasteiger partial charge in [-0.2, -0.15) is 0 Å². The van der Waals surface area contributed by atoms with E-state index in [0.29, 0.717) is 35.1 Å². The molecule has 2 heterocycles. The maximum Gasteiger partial charge on any atom is 0.256 e. The van der Waals surface area contributed by atoms with Crippen LogP contribution in [0, 0.1) is 0 Å². The molecule has 3 aromatic rings. The van der Waals surface area contributed by atoms with Gasteiger partial charge in [0, 0.05) is 26.1 Å². The zero-order valence-corrected chi connectivity index (χ0v) is 18.1. The van der Waals surface area contributed by atoms with Crippen LogP contribution < -0.4 is 15.6 Å². The molecule has 160 valence electrons. The topological polar surface area (TPSA) is 87.3 Å². The first kappa shape index (κ1) is 21.1. The number of amides is 1. The highest BCUT2D eigenvalue weighted by Crippen LogP contribution is 2.24. The number of para-hydroxylation sites is 2. The van der Waals surface area contributed by atoms with Gasteiger partial charge in [-0.05, 0) is 17.7 Å². The van der Waals surface area contributed by atoms with E-state index in [-0.39, 0.29) is 17.2 Å². The average Bonchev–Trinajstić information content (AvgIpc) is 2.79. The molecule has 1 aliphatic heterocycles. The van der Waals surface area contributed by atoms with E-state index in [2.05, 4.69) is 32.3 Å². The van der Waals surface area contributed by atoms with Crippen molar-refractivity contribution in [2.75, 3.05) is 24.7 Å². The van der Waals surface area contributed by atoms with Crippen molar-refractivity contribution >= 4 is 23.4 Å².